The molecule has 1 fully saturated rings. The van der Waals surface area contributed by atoms with Crippen LogP contribution >= 0.6 is 0 Å². The molecule has 4 aromatic rings. The Morgan fingerprint density at radius 2 is 1.11 bits per heavy atom. The molecule has 0 atom stereocenters. The summed E-state index contributed by atoms with van der Waals surface area (Å²) in [5.41, 5.74) is 10.9. The topological polar surface area (TPSA) is 155 Å². The lowest BCUT2D eigenvalue weighted by Gasteiger charge is -2.22. The molecule has 0 amide bonds. The molecule has 246 valence electrons. The molecule has 3 N–H and O–H groups in total. The fraction of sp³-hybridized carbons (Fsp3) is 0.294. The van der Waals surface area contributed by atoms with Gasteiger partial charge >= 0.3 is 0 Å². The van der Waals surface area contributed by atoms with Crippen LogP contribution in [0.5, 0.6) is 0 Å². The van der Waals surface area contributed by atoms with E-state index in [-0.39, 0.29) is 9.79 Å². The highest BCUT2D eigenvalue weighted by Crippen LogP contribution is 2.33. The molecule has 1 aliphatic carbocycles. The third-order valence-electron chi connectivity index (χ3n) is 8.05. The number of nitrogens with zero attached hydrogens (tertiary/aromatic N) is 4. The van der Waals surface area contributed by atoms with Crippen molar-refractivity contribution in [3.63, 3.8) is 0 Å². The van der Waals surface area contributed by atoms with Gasteiger partial charge in [-0.25, -0.2) is 16.8 Å². The number of nitrogens with one attached hydrogen (secondary N) is 3. The van der Waals surface area contributed by atoms with Crippen molar-refractivity contribution in [1.29, 1.82) is 0 Å². The average molecular weight is 674 g/mol. The summed E-state index contributed by atoms with van der Waals surface area (Å²) in [5, 5.41) is 12.2. The summed E-state index contributed by atoms with van der Waals surface area (Å²) in [6.45, 7) is 3.61. The zero-order valence-corrected chi connectivity index (χ0v) is 28.5. The van der Waals surface area contributed by atoms with Crippen LogP contribution < -0.4 is 16.2 Å². The van der Waals surface area contributed by atoms with Gasteiger partial charge in [0, 0.05) is 24.3 Å². The summed E-state index contributed by atoms with van der Waals surface area (Å²) in [5.74, 6) is 1.70. The minimum Gasteiger partial charge on any atom is -0.324 e. The Hall–Kier alpha value is -4.62. The maximum atomic E-state index is 11.8. The van der Waals surface area contributed by atoms with Crippen LogP contribution in [-0.4, -0.2) is 50.7 Å². The molecule has 11 nitrogen and oxygen atoms in total. The first-order valence-electron chi connectivity index (χ1n) is 15.3. The predicted molar refractivity (Wildman–Crippen MR) is 188 cm³/mol. The van der Waals surface area contributed by atoms with Gasteiger partial charge in [-0.3, -0.25) is 10.9 Å². The summed E-state index contributed by atoms with van der Waals surface area (Å²) < 4.78 is 47.3. The van der Waals surface area contributed by atoms with E-state index in [0.717, 1.165) is 16.8 Å². The van der Waals surface area contributed by atoms with E-state index in [1.165, 1.54) is 50.2 Å². The summed E-state index contributed by atoms with van der Waals surface area (Å²) in [7, 11) is -6.61. The van der Waals surface area contributed by atoms with Crippen molar-refractivity contribution in [3.05, 3.63) is 95.6 Å². The van der Waals surface area contributed by atoms with Crippen LogP contribution in [0.3, 0.4) is 0 Å². The van der Waals surface area contributed by atoms with Crippen molar-refractivity contribution in [1.82, 2.24) is 9.97 Å². The highest BCUT2D eigenvalue weighted by Gasteiger charge is 2.15. The Bertz CT molecular complexity index is 1880. The van der Waals surface area contributed by atoms with Gasteiger partial charge in [0.25, 0.3) is 0 Å². The number of hydrogen-bond acceptors (Lipinski definition) is 11. The van der Waals surface area contributed by atoms with E-state index in [1.54, 1.807) is 68.4 Å². The number of hydrazone groups is 2. The van der Waals surface area contributed by atoms with E-state index < -0.39 is 19.7 Å². The van der Waals surface area contributed by atoms with E-state index in [9.17, 15) is 16.8 Å². The Kier molecular flexibility index (Phi) is 10.4. The molecule has 0 aliphatic heterocycles. The molecule has 1 aromatic heterocycles. The lowest BCUT2D eigenvalue weighted by Crippen LogP contribution is -2.07. The van der Waals surface area contributed by atoms with Crippen LogP contribution in [0.4, 0.5) is 23.3 Å². The second kappa shape index (κ2) is 14.4. The van der Waals surface area contributed by atoms with Crippen molar-refractivity contribution in [3.8, 4) is 0 Å². The van der Waals surface area contributed by atoms with Gasteiger partial charge in [-0.2, -0.15) is 20.2 Å². The fourth-order valence-corrected chi connectivity index (χ4v) is 6.58. The van der Waals surface area contributed by atoms with Gasteiger partial charge in [0.05, 0.1) is 21.2 Å². The van der Waals surface area contributed by atoms with Crippen molar-refractivity contribution in [2.75, 3.05) is 28.7 Å². The van der Waals surface area contributed by atoms with E-state index in [4.69, 9.17) is 0 Å². The van der Waals surface area contributed by atoms with Crippen molar-refractivity contribution >= 4 is 54.4 Å². The Balaban J connectivity index is 1.38. The molecule has 1 aliphatic rings. The molecule has 0 spiro atoms. The molecule has 1 heterocycles. The maximum absolute atomic E-state index is 11.8. The summed E-state index contributed by atoms with van der Waals surface area (Å²) in [4.78, 5) is 9.68. The van der Waals surface area contributed by atoms with Gasteiger partial charge in [-0.1, -0.05) is 55.7 Å². The average Bonchev–Trinajstić information content (AvgIpc) is 3.06. The molecule has 0 radical (unpaired) electrons. The van der Waals surface area contributed by atoms with Crippen molar-refractivity contribution in [2.24, 2.45) is 10.2 Å². The molecule has 13 heteroatoms. The van der Waals surface area contributed by atoms with Crippen LogP contribution in [0.1, 0.15) is 68.6 Å². The third-order valence-corrected chi connectivity index (χ3v) is 10.3. The SMILES string of the molecule is CC(=NNc1cc(NN=C(C)c2ccc(S(C)(=O)=O)cc2)nc(Nc2ccc(C3CCCCC3)cc2)n1)c1ccc(S(C)(=O)=O)cc1. The van der Waals surface area contributed by atoms with E-state index in [1.807, 2.05) is 12.1 Å². The first-order chi connectivity index (χ1) is 22.3. The number of rotatable bonds is 11. The van der Waals surface area contributed by atoms with Crippen LogP contribution in [0.2, 0.25) is 0 Å². The van der Waals surface area contributed by atoms with Gasteiger partial charge in [-0.15, -0.1) is 0 Å². The van der Waals surface area contributed by atoms with Gasteiger partial charge in [0.2, 0.25) is 5.95 Å². The quantitative estimate of drug-likeness (QED) is 0.116. The molecular weight excluding hydrogens is 635 g/mol. The highest BCUT2D eigenvalue weighted by atomic mass is 32.2. The number of hydrogen-bond donors (Lipinski definition) is 3. The number of benzene rings is 3. The normalized spacial score (nSPS) is 14.9. The minimum atomic E-state index is -3.30. The second-order valence-electron chi connectivity index (χ2n) is 11.8. The molecule has 0 saturated heterocycles. The van der Waals surface area contributed by atoms with Crippen LogP contribution in [0, 0.1) is 0 Å². The van der Waals surface area contributed by atoms with Crippen molar-refractivity contribution in [2.45, 2.75) is 61.7 Å². The monoisotopic (exact) mass is 673 g/mol. The predicted octanol–water partition coefficient (Wildman–Crippen LogP) is 6.75. The molecule has 1 saturated carbocycles. The molecule has 47 heavy (non-hydrogen) atoms. The summed E-state index contributed by atoms with van der Waals surface area (Å²) >= 11 is 0. The van der Waals surface area contributed by atoms with E-state index >= 15 is 0 Å². The lowest BCUT2D eigenvalue weighted by molar-refractivity contribution is 0.443. The van der Waals surface area contributed by atoms with Gasteiger partial charge < -0.3 is 5.32 Å². The Labute approximate surface area is 276 Å². The molecule has 5 rings (SSSR count). The molecule has 0 unspecified atom stereocenters. The largest absolute Gasteiger partial charge is 0.324 e. The maximum Gasteiger partial charge on any atom is 0.231 e. The smallest absolute Gasteiger partial charge is 0.231 e. The first kappa shape index (κ1) is 33.7. The second-order valence-corrected chi connectivity index (χ2v) is 15.8. The lowest BCUT2D eigenvalue weighted by atomic mass is 9.84. The van der Waals surface area contributed by atoms with Crippen LogP contribution in [-0.2, 0) is 19.7 Å². The standard InChI is InChI=1S/C34H39N7O4S2/c1-23(25-12-18-30(19-13-25)46(3,42)43)38-40-32-22-33(41-39-24(2)26-14-20-31(21-15-26)47(4,44)45)37-34(36-32)35-29-16-10-28(11-17-29)27-8-6-5-7-9-27/h10-22,27H,5-9H2,1-4H3,(H3,35,36,37,40,41). The number of sulfone groups is 2. The minimum absolute atomic E-state index is 0.234. The molecule has 3 aromatic carbocycles. The Morgan fingerprint density at radius 1 is 0.660 bits per heavy atom. The van der Waals surface area contributed by atoms with Gasteiger partial charge in [0.1, 0.15) is 0 Å². The van der Waals surface area contributed by atoms with Gasteiger partial charge in [-0.05, 0) is 85.7 Å². The van der Waals surface area contributed by atoms with Crippen LogP contribution in [0.25, 0.3) is 0 Å². The van der Waals surface area contributed by atoms with E-state index in [0.29, 0.717) is 34.9 Å². The zero-order valence-electron chi connectivity index (χ0n) is 26.9. The zero-order chi connectivity index (χ0) is 33.6. The fourth-order valence-electron chi connectivity index (χ4n) is 5.32. The summed E-state index contributed by atoms with van der Waals surface area (Å²) in [6, 6.07) is 23.0. The number of aromatic nitrogens is 2. The van der Waals surface area contributed by atoms with Crippen LogP contribution in [0.15, 0.2) is 98.9 Å². The Morgan fingerprint density at radius 3 is 1.53 bits per heavy atom. The first-order valence-corrected chi connectivity index (χ1v) is 19.1. The van der Waals surface area contributed by atoms with Crippen molar-refractivity contribution < 1.29 is 16.8 Å². The van der Waals surface area contributed by atoms with E-state index in [2.05, 4.69) is 48.5 Å². The molecular formula is C34H39N7O4S2. The summed E-state index contributed by atoms with van der Waals surface area (Å²) in [6.07, 6.45) is 8.65. The molecule has 0 bridgehead atoms. The van der Waals surface area contributed by atoms with Gasteiger partial charge in [0.15, 0.2) is 31.3 Å². The third kappa shape index (κ3) is 9.23. The highest BCUT2D eigenvalue weighted by molar-refractivity contribution is 7.91. The number of anilines is 4.